The highest BCUT2D eigenvalue weighted by molar-refractivity contribution is 6.05. The third-order valence-corrected chi connectivity index (χ3v) is 5.02. The molecule has 6 nitrogen and oxygen atoms in total. The number of furan rings is 1. The van der Waals surface area contributed by atoms with Crippen LogP contribution in [-0.2, 0) is 9.59 Å². The Bertz CT molecular complexity index is 973. The van der Waals surface area contributed by atoms with Crippen molar-refractivity contribution in [1.29, 1.82) is 0 Å². The van der Waals surface area contributed by atoms with Crippen LogP contribution in [0.1, 0.15) is 32.1 Å². The Morgan fingerprint density at radius 2 is 1.74 bits per heavy atom. The van der Waals surface area contributed by atoms with Gasteiger partial charge in [0.2, 0.25) is 5.91 Å². The third-order valence-electron chi connectivity index (χ3n) is 5.02. The molecule has 2 amide bonds. The first-order valence-corrected chi connectivity index (χ1v) is 9.33. The number of hydrogen-bond donors (Lipinski definition) is 2. The molecule has 0 bridgehead atoms. The normalized spacial score (nSPS) is 15.0. The van der Waals surface area contributed by atoms with Crippen molar-refractivity contribution in [3.05, 3.63) is 42.5 Å². The van der Waals surface area contributed by atoms with Gasteiger partial charge in [0.15, 0.2) is 6.61 Å². The van der Waals surface area contributed by atoms with Gasteiger partial charge in [0.05, 0.1) is 0 Å². The lowest BCUT2D eigenvalue weighted by atomic mass is 9.89. The molecule has 1 aliphatic carbocycles. The van der Waals surface area contributed by atoms with Gasteiger partial charge in [-0.2, -0.15) is 0 Å². The summed E-state index contributed by atoms with van der Waals surface area (Å²) in [5.74, 6) is 0.0604. The van der Waals surface area contributed by atoms with Gasteiger partial charge < -0.3 is 9.15 Å². The molecule has 4 rings (SSSR count). The quantitative estimate of drug-likeness (QED) is 0.690. The number of hydrogen-bond acceptors (Lipinski definition) is 4. The Kier molecular flexibility index (Phi) is 4.96. The lowest BCUT2D eigenvalue weighted by Gasteiger charge is -2.20. The number of nitrogens with one attached hydrogen (secondary N) is 2. The Balaban J connectivity index is 1.33. The lowest BCUT2D eigenvalue weighted by Crippen LogP contribution is -2.46. The van der Waals surface area contributed by atoms with E-state index in [0.29, 0.717) is 5.75 Å². The number of ether oxygens (including phenoxy) is 1. The minimum atomic E-state index is -0.392. The first kappa shape index (κ1) is 17.4. The smallest absolute Gasteiger partial charge is 0.276 e. The van der Waals surface area contributed by atoms with Crippen molar-refractivity contribution in [2.45, 2.75) is 32.1 Å². The number of hydrazine groups is 1. The minimum absolute atomic E-state index is 0.00301. The van der Waals surface area contributed by atoms with Crippen molar-refractivity contribution >= 4 is 33.8 Å². The number of carbonyl (C=O) groups is 2. The molecular formula is C21H22N2O4. The number of fused-ring (bicyclic) bond motifs is 3. The number of benzene rings is 2. The fourth-order valence-electron chi connectivity index (χ4n) is 3.58. The van der Waals surface area contributed by atoms with E-state index < -0.39 is 5.91 Å². The molecule has 0 radical (unpaired) electrons. The minimum Gasteiger partial charge on any atom is -0.484 e. The van der Waals surface area contributed by atoms with Gasteiger partial charge in [0.25, 0.3) is 5.91 Å². The first-order valence-electron chi connectivity index (χ1n) is 9.33. The molecule has 27 heavy (non-hydrogen) atoms. The predicted molar refractivity (Wildman–Crippen MR) is 102 cm³/mol. The van der Waals surface area contributed by atoms with E-state index in [9.17, 15) is 9.59 Å². The molecule has 140 valence electrons. The molecule has 0 unspecified atom stereocenters. The lowest BCUT2D eigenvalue weighted by molar-refractivity contribution is -0.132. The average molecular weight is 366 g/mol. The van der Waals surface area contributed by atoms with Crippen molar-refractivity contribution in [2.75, 3.05) is 6.61 Å². The van der Waals surface area contributed by atoms with E-state index in [4.69, 9.17) is 9.15 Å². The maximum atomic E-state index is 12.0. The molecule has 1 aromatic heterocycles. The van der Waals surface area contributed by atoms with E-state index in [0.717, 1.165) is 47.6 Å². The van der Waals surface area contributed by atoms with E-state index in [2.05, 4.69) is 10.9 Å². The highest BCUT2D eigenvalue weighted by Gasteiger charge is 2.21. The summed E-state index contributed by atoms with van der Waals surface area (Å²) in [7, 11) is 0. The van der Waals surface area contributed by atoms with Crippen LogP contribution in [0.15, 0.2) is 46.9 Å². The molecule has 1 heterocycles. The molecule has 1 saturated carbocycles. The van der Waals surface area contributed by atoms with Gasteiger partial charge in [-0.15, -0.1) is 0 Å². The topological polar surface area (TPSA) is 80.6 Å². The average Bonchev–Trinajstić information content (AvgIpc) is 3.09. The maximum absolute atomic E-state index is 12.0. The SMILES string of the molecule is O=C(COc1ccc2oc3ccccc3c2c1)NNC(=O)C1CCCCC1. The summed E-state index contributed by atoms with van der Waals surface area (Å²) < 4.78 is 11.3. The summed E-state index contributed by atoms with van der Waals surface area (Å²) in [5, 5.41) is 1.94. The van der Waals surface area contributed by atoms with Gasteiger partial charge in [0, 0.05) is 16.7 Å². The van der Waals surface area contributed by atoms with Crippen LogP contribution < -0.4 is 15.6 Å². The Labute approximate surface area is 156 Å². The molecule has 0 aliphatic heterocycles. The highest BCUT2D eigenvalue weighted by Crippen LogP contribution is 2.31. The van der Waals surface area contributed by atoms with Crippen molar-refractivity contribution in [2.24, 2.45) is 5.92 Å². The van der Waals surface area contributed by atoms with E-state index in [1.807, 2.05) is 36.4 Å². The van der Waals surface area contributed by atoms with Crippen LogP contribution in [-0.4, -0.2) is 18.4 Å². The van der Waals surface area contributed by atoms with Gasteiger partial charge in [-0.3, -0.25) is 20.4 Å². The second-order valence-corrected chi connectivity index (χ2v) is 6.92. The molecule has 1 fully saturated rings. The summed E-state index contributed by atoms with van der Waals surface area (Å²) in [4.78, 5) is 24.0. The summed E-state index contributed by atoms with van der Waals surface area (Å²) in [6.45, 7) is -0.174. The van der Waals surface area contributed by atoms with Crippen molar-refractivity contribution in [3.63, 3.8) is 0 Å². The molecule has 0 atom stereocenters. The zero-order valence-corrected chi connectivity index (χ0v) is 15.0. The van der Waals surface area contributed by atoms with Gasteiger partial charge in [-0.25, -0.2) is 0 Å². The van der Waals surface area contributed by atoms with Crippen LogP contribution in [0, 0.1) is 5.92 Å². The van der Waals surface area contributed by atoms with Crippen LogP contribution in [0.3, 0.4) is 0 Å². The van der Waals surface area contributed by atoms with Gasteiger partial charge in [-0.1, -0.05) is 37.5 Å². The maximum Gasteiger partial charge on any atom is 0.276 e. The highest BCUT2D eigenvalue weighted by atomic mass is 16.5. The molecule has 2 N–H and O–H groups in total. The van der Waals surface area contributed by atoms with E-state index in [1.54, 1.807) is 6.07 Å². The van der Waals surface area contributed by atoms with Crippen LogP contribution in [0.25, 0.3) is 21.9 Å². The van der Waals surface area contributed by atoms with Crippen molar-refractivity contribution < 1.29 is 18.7 Å². The summed E-state index contributed by atoms with van der Waals surface area (Å²) in [5.41, 5.74) is 6.52. The van der Waals surface area contributed by atoms with Crippen LogP contribution in [0.2, 0.25) is 0 Å². The standard InChI is InChI=1S/C21H22N2O4/c24-20(22-23-21(25)14-6-2-1-3-7-14)13-26-15-10-11-19-17(12-15)16-8-4-5-9-18(16)27-19/h4-5,8-12,14H,1-3,6-7,13H2,(H,22,24)(H,23,25). The second-order valence-electron chi connectivity index (χ2n) is 6.92. The van der Waals surface area contributed by atoms with Gasteiger partial charge in [0.1, 0.15) is 16.9 Å². The Morgan fingerprint density at radius 3 is 2.59 bits per heavy atom. The monoisotopic (exact) mass is 366 g/mol. The zero-order valence-electron chi connectivity index (χ0n) is 15.0. The number of para-hydroxylation sites is 1. The molecule has 2 aromatic carbocycles. The largest absolute Gasteiger partial charge is 0.484 e. The third kappa shape index (κ3) is 3.89. The van der Waals surface area contributed by atoms with Crippen LogP contribution >= 0.6 is 0 Å². The molecule has 6 heteroatoms. The van der Waals surface area contributed by atoms with E-state index >= 15 is 0 Å². The number of carbonyl (C=O) groups excluding carboxylic acids is 2. The van der Waals surface area contributed by atoms with Crippen molar-refractivity contribution in [3.8, 4) is 5.75 Å². The Morgan fingerprint density at radius 1 is 0.963 bits per heavy atom. The van der Waals surface area contributed by atoms with Gasteiger partial charge in [-0.05, 0) is 37.1 Å². The predicted octanol–water partition coefficient (Wildman–Crippen LogP) is 3.69. The summed E-state index contributed by atoms with van der Waals surface area (Å²) in [6, 6.07) is 13.2. The molecule has 3 aromatic rings. The second kappa shape index (κ2) is 7.70. The number of rotatable bonds is 4. The zero-order chi connectivity index (χ0) is 18.6. The van der Waals surface area contributed by atoms with E-state index in [1.165, 1.54) is 6.42 Å². The fourth-order valence-corrected chi connectivity index (χ4v) is 3.58. The molecule has 0 saturated heterocycles. The van der Waals surface area contributed by atoms with Gasteiger partial charge >= 0.3 is 0 Å². The number of amides is 2. The summed E-state index contributed by atoms with van der Waals surface area (Å²) >= 11 is 0. The van der Waals surface area contributed by atoms with Crippen LogP contribution in [0.5, 0.6) is 5.75 Å². The van der Waals surface area contributed by atoms with Crippen LogP contribution in [0.4, 0.5) is 0 Å². The molecular weight excluding hydrogens is 344 g/mol. The van der Waals surface area contributed by atoms with E-state index in [-0.39, 0.29) is 18.4 Å². The Hall–Kier alpha value is -3.02. The fraction of sp³-hybridized carbons (Fsp3) is 0.333. The summed E-state index contributed by atoms with van der Waals surface area (Å²) in [6.07, 6.45) is 5.09. The molecule has 0 spiro atoms. The van der Waals surface area contributed by atoms with Crippen molar-refractivity contribution in [1.82, 2.24) is 10.9 Å². The molecule has 1 aliphatic rings. The first-order chi connectivity index (χ1) is 13.2.